The molecule has 1 saturated heterocycles. The van der Waals surface area contributed by atoms with Gasteiger partial charge in [0.05, 0.1) is 0 Å². The first-order chi connectivity index (χ1) is 11.9. The summed E-state index contributed by atoms with van der Waals surface area (Å²) >= 11 is 1.53. The molecule has 1 fully saturated rings. The number of pyridine rings is 1. The molecule has 0 aromatic carbocycles. The monoisotopic (exact) mass is 360 g/mol. The molecule has 0 saturated carbocycles. The summed E-state index contributed by atoms with van der Waals surface area (Å²) in [7, 11) is 0. The van der Waals surface area contributed by atoms with Crippen molar-refractivity contribution in [1.29, 1.82) is 0 Å². The van der Waals surface area contributed by atoms with E-state index in [9.17, 15) is 4.79 Å². The molecule has 0 unspecified atom stereocenters. The molecule has 25 heavy (non-hydrogen) atoms. The number of nitrogens with one attached hydrogen (secondary N) is 1. The third-order valence-electron chi connectivity index (χ3n) is 4.22. The number of hydrogen-bond donors (Lipinski definition) is 1. The van der Waals surface area contributed by atoms with Gasteiger partial charge in [-0.2, -0.15) is 0 Å². The number of thiazole rings is 1. The molecule has 0 radical (unpaired) electrons. The zero-order valence-corrected chi connectivity index (χ0v) is 15.9. The third kappa shape index (κ3) is 4.76. The van der Waals surface area contributed by atoms with E-state index in [0.717, 1.165) is 41.5 Å². The third-order valence-corrected chi connectivity index (χ3v) is 5.12. The van der Waals surface area contributed by atoms with Crippen molar-refractivity contribution in [2.24, 2.45) is 0 Å². The summed E-state index contributed by atoms with van der Waals surface area (Å²) in [6, 6.07) is 4.42. The van der Waals surface area contributed by atoms with E-state index < -0.39 is 0 Å². The highest BCUT2D eigenvalue weighted by Gasteiger charge is 2.30. The topological polar surface area (TPSA) is 67.4 Å². The summed E-state index contributed by atoms with van der Waals surface area (Å²) in [6.07, 6.45) is 3.02. The Morgan fingerprint density at radius 1 is 1.40 bits per heavy atom. The SMILES string of the molecule is CC(=O)Nc1ncc(CN2C[C@@H](Oc3cc(C)nc(C)c3)C[C@@H]2C)s1. The van der Waals surface area contributed by atoms with Gasteiger partial charge < -0.3 is 10.1 Å². The fourth-order valence-corrected chi connectivity index (χ4v) is 4.08. The molecule has 0 bridgehead atoms. The number of hydrogen-bond acceptors (Lipinski definition) is 6. The van der Waals surface area contributed by atoms with Crippen LogP contribution in [0.4, 0.5) is 5.13 Å². The van der Waals surface area contributed by atoms with Crippen molar-refractivity contribution in [2.75, 3.05) is 11.9 Å². The molecule has 0 aliphatic carbocycles. The molecule has 1 amide bonds. The molecule has 1 aliphatic rings. The van der Waals surface area contributed by atoms with Crippen LogP contribution in [-0.4, -0.2) is 39.5 Å². The van der Waals surface area contributed by atoms with Gasteiger partial charge in [0.1, 0.15) is 11.9 Å². The first-order valence-electron chi connectivity index (χ1n) is 8.47. The zero-order valence-electron chi connectivity index (χ0n) is 15.1. The number of amides is 1. The van der Waals surface area contributed by atoms with Crippen molar-refractivity contribution >= 4 is 22.4 Å². The lowest BCUT2D eigenvalue weighted by Crippen LogP contribution is -2.27. The van der Waals surface area contributed by atoms with Crippen LogP contribution in [0.2, 0.25) is 0 Å². The van der Waals surface area contributed by atoms with Crippen LogP contribution in [0.15, 0.2) is 18.3 Å². The smallest absolute Gasteiger partial charge is 0.223 e. The van der Waals surface area contributed by atoms with Crippen LogP contribution in [0.25, 0.3) is 0 Å². The molecular formula is C18H24N4O2S. The molecule has 3 heterocycles. The minimum atomic E-state index is -0.0909. The van der Waals surface area contributed by atoms with Crippen LogP contribution >= 0.6 is 11.3 Å². The zero-order chi connectivity index (χ0) is 18.0. The van der Waals surface area contributed by atoms with E-state index in [0.29, 0.717) is 11.2 Å². The van der Waals surface area contributed by atoms with Crippen molar-refractivity contribution < 1.29 is 9.53 Å². The second-order valence-corrected chi connectivity index (χ2v) is 7.77. The molecule has 134 valence electrons. The van der Waals surface area contributed by atoms with Crippen LogP contribution in [-0.2, 0) is 11.3 Å². The standard InChI is InChI=1S/C18H24N4O2S/c1-11-5-15(6-12(2)20-11)24-16-7-13(3)22(9-16)10-17-8-19-18(25-17)21-14(4)23/h5-6,8,13,16H,7,9-10H2,1-4H3,(H,19,21,23)/t13-,16-/m0/s1. The number of carbonyl (C=O) groups excluding carboxylic acids is 1. The van der Waals surface area contributed by atoms with Crippen LogP contribution < -0.4 is 10.1 Å². The Labute approximate surface area is 152 Å². The van der Waals surface area contributed by atoms with Crippen molar-refractivity contribution in [2.45, 2.75) is 52.8 Å². The number of ether oxygens (including phenoxy) is 1. The van der Waals surface area contributed by atoms with Crippen molar-refractivity contribution in [3.63, 3.8) is 0 Å². The van der Waals surface area contributed by atoms with E-state index in [1.165, 1.54) is 18.3 Å². The van der Waals surface area contributed by atoms with Gasteiger partial charge >= 0.3 is 0 Å². The predicted octanol–water partition coefficient (Wildman–Crippen LogP) is 3.16. The Bertz CT molecular complexity index is 741. The Morgan fingerprint density at radius 2 is 2.12 bits per heavy atom. The normalized spacial score (nSPS) is 20.6. The molecule has 1 N–H and O–H groups in total. The molecular weight excluding hydrogens is 336 g/mol. The van der Waals surface area contributed by atoms with Gasteiger partial charge in [-0.3, -0.25) is 14.7 Å². The van der Waals surface area contributed by atoms with Crippen molar-refractivity contribution in [3.05, 3.63) is 34.6 Å². The fraction of sp³-hybridized carbons (Fsp3) is 0.500. The largest absolute Gasteiger partial charge is 0.489 e. The quantitative estimate of drug-likeness (QED) is 0.887. The number of aryl methyl sites for hydroxylation is 2. The summed E-state index contributed by atoms with van der Waals surface area (Å²) in [5.74, 6) is 0.807. The minimum Gasteiger partial charge on any atom is -0.489 e. The number of carbonyl (C=O) groups is 1. The van der Waals surface area contributed by atoms with Gasteiger partial charge in [0, 0.05) is 67.1 Å². The van der Waals surface area contributed by atoms with E-state index in [2.05, 4.69) is 27.1 Å². The van der Waals surface area contributed by atoms with Crippen LogP contribution in [0.1, 0.15) is 36.5 Å². The highest BCUT2D eigenvalue weighted by Crippen LogP contribution is 2.27. The summed E-state index contributed by atoms with van der Waals surface area (Å²) in [5.41, 5.74) is 1.96. The number of anilines is 1. The minimum absolute atomic E-state index is 0.0909. The predicted molar refractivity (Wildman–Crippen MR) is 99.0 cm³/mol. The Hall–Kier alpha value is -1.99. The van der Waals surface area contributed by atoms with E-state index >= 15 is 0 Å². The van der Waals surface area contributed by atoms with Gasteiger partial charge in [-0.05, 0) is 20.8 Å². The maximum Gasteiger partial charge on any atom is 0.223 e. The molecule has 2 atom stereocenters. The van der Waals surface area contributed by atoms with Gasteiger partial charge in [-0.15, -0.1) is 11.3 Å². The number of nitrogens with zero attached hydrogens (tertiary/aromatic N) is 3. The average Bonchev–Trinajstić information content (AvgIpc) is 3.05. The van der Waals surface area contributed by atoms with Crippen LogP contribution in [0, 0.1) is 13.8 Å². The summed E-state index contributed by atoms with van der Waals surface area (Å²) in [6.45, 7) is 9.40. The number of likely N-dealkylation sites (tertiary alicyclic amines) is 1. The second kappa shape index (κ2) is 7.49. The van der Waals surface area contributed by atoms with E-state index in [4.69, 9.17) is 4.74 Å². The van der Waals surface area contributed by atoms with Gasteiger partial charge in [-0.1, -0.05) is 0 Å². The number of rotatable bonds is 5. The van der Waals surface area contributed by atoms with Crippen molar-refractivity contribution in [1.82, 2.24) is 14.9 Å². The first kappa shape index (κ1) is 17.8. The highest BCUT2D eigenvalue weighted by molar-refractivity contribution is 7.15. The van der Waals surface area contributed by atoms with Gasteiger partial charge in [-0.25, -0.2) is 4.98 Å². The lowest BCUT2D eigenvalue weighted by molar-refractivity contribution is -0.114. The maximum absolute atomic E-state index is 11.1. The molecule has 2 aromatic heterocycles. The van der Waals surface area contributed by atoms with Gasteiger partial charge in [0.15, 0.2) is 5.13 Å². The molecule has 1 aliphatic heterocycles. The highest BCUT2D eigenvalue weighted by atomic mass is 32.1. The number of aromatic nitrogens is 2. The molecule has 0 spiro atoms. The summed E-state index contributed by atoms with van der Waals surface area (Å²) < 4.78 is 6.18. The second-order valence-electron chi connectivity index (χ2n) is 6.65. The van der Waals surface area contributed by atoms with Crippen LogP contribution in [0.5, 0.6) is 5.75 Å². The van der Waals surface area contributed by atoms with E-state index in [1.54, 1.807) is 0 Å². The maximum atomic E-state index is 11.1. The summed E-state index contributed by atoms with van der Waals surface area (Å²) in [5, 5.41) is 3.39. The molecule has 3 rings (SSSR count). The van der Waals surface area contributed by atoms with Gasteiger partial charge in [0.2, 0.25) is 5.91 Å². The molecule has 7 heteroatoms. The van der Waals surface area contributed by atoms with Crippen LogP contribution in [0.3, 0.4) is 0 Å². The van der Waals surface area contributed by atoms with Gasteiger partial charge in [0.25, 0.3) is 0 Å². The fourth-order valence-electron chi connectivity index (χ4n) is 3.20. The Balaban J connectivity index is 1.59. The lowest BCUT2D eigenvalue weighted by Gasteiger charge is -2.19. The summed E-state index contributed by atoms with van der Waals surface area (Å²) in [4.78, 5) is 23.3. The Kier molecular flexibility index (Phi) is 5.34. The van der Waals surface area contributed by atoms with Crippen molar-refractivity contribution in [3.8, 4) is 5.75 Å². The lowest BCUT2D eigenvalue weighted by atomic mass is 10.2. The first-order valence-corrected chi connectivity index (χ1v) is 9.29. The van der Waals surface area contributed by atoms with E-state index in [-0.39, 0.29) is 12.0 Å². The molecule has 2 aromatic rings. The molecule has 6 nitrogen and oxygen atoms in total. The Morgan fingerprint density at radius 3 is 2.80 bits per heavy atom. The van der Waals surface area contributed by atoms with E-state index in [1.807, 2.05) is 32.2 Å². The average molecular weight is 360 g/mol.